The van der Waals surface area contributed by atoms with Gasteiger partial charge < -0.3 is 15.1 Å². The number of nitrogens with one attached hydrogen (secondary N) is 1. The van der Waals surface area contributed by atoms with Crippen molar-refractivity contribution in [2.75, 3.05) is 13.1 Å². The van der Waals surface area contributed by atoms with Crippen LogP contribution in [0.5, 0.6) is 0 Å². The molecule has 2 aliphatic rings. The number of carbonyl (C=O) groups is 2. The minimum atomic E-state index is -0.840. The summed E-state index contributed by atoms with van der Waals surface area (Å²) in [7, 11) is 0. The molecule has 1 saturated heterocycles. The van der Waals surface area contributed by atoms with Gasteiger partial charge in [0.05, 0.1) is 5.71 Å². The molecule has 2 aromatic carbocycles. The van der Waals surface area contributed by atoms with Crippen LogP contribution in [0.15, 0.2) is 59.8 Å². The lowest BCUT2D eigenvalue weighted by Gasteiger charge is -2.25. The van der Waals surface area contributed by atoms with Gasteiger partial charge in [0.25, 0.3) is 5.91 Å². The maximum Gasteiger partial charge on any atom is 0.265 e. The average molecular weight is 409 g/mol. The quantitative estimate of drug-likeness (QED) is 0.798. The number of halogens is 1. The topological polar surface area (TPSA) is 71.0 Å². The van der Waals surface area contributed by atoms with Crippen LogP contribution in [0.1, 0.15) is 30.4 Å². The van der Waals surface area contributed by atoms with E-state index in [9.17, 15) is 14.0 Å². The molecular formula is C23H24FN3O3. The van der Waals surface area contributed by atoms with Gasteiger partial charge in [-0.1, -0.05) is 47.6 Å². The van der Waals surface area contributed by atoms with Gasteiger partial charge in [-0.3, -0.25) is 9.59 Å². The molecule has 7 heteroatoms. The van der Waals surface area contributed by atoms with Crippen LogP contribution in [0, 0.1) is 5.82 Å². The normalized spacial score (nSPS) is 19.2. The van der Waals surface area contributed by atoms with Gasteiger partial charge in [-0.15, -0.1) is 0 Å². The molecule has 2 amide bonds. The first-order valence-electron chi connectivity index (χ1n) is 10.2. The van der Waals surface area contributed by atoms with Crippen molar-refractivity contribution in [1.29, 1.82) is 0 Å². The number of oxime groups is 1. The zero-order valence-corrected chi connectivity index (χ0v) is 16.6. The van der Waals surface area contributed by atoms with Gasteiger partial charge in [0.1, 0.15) is 11.9 Å². The Bertz CT molecular complexity index is 942. The van der Waals surface area contributed by atoms with Crippen LogP contribution in [0.25, 0.3) is 0 Å². The molecule has 1 N–H and O–H groups in total. The number of rotatable bonds is 6. The monoisotopic (exact) mass is 409 g/mol. The molecule has 2 heterocycles. The molecule has 2 atom stereocenters. The first-order chi connectivity index (χ1) is 14.6. The third-order valence-electron chi connectivity index (χ3n) is 5.43. The summed E-state index contributed by atoms with van der Waals surface area (Å²) in [4.78, 5) is 33.0. The number of hydrogen-bond donors (Lipinski definition) is 1. The highest BCUT2D eigenvalue weighted by atomic mass is 19.1. The number of hydrogen-bond acceptors (Lipinski definition) is 4. The van der Waals surface area contributed by atoms with E-state index in [0.29, 0.717) is 30.8 Å². The maximum atomic E-state index is 13.5. The molecule has 4 rings (SSSR count). The molecule has 0 saturated carbocycles. The van der Waals surface area contributed by atoms with Gasteiger partial charge in [0, 0.05) is 31.5 Å². The van der Waals surface area contributed by atoms with Crippen molar-refractivity contribution < 1.29 is 18.8 Å². The molecule has 30 heavy (non-hydrogen) atoms. The van der Waals surface area contributed by atoms with Gasteiger partial charge in [-0.05, 0) is 30.5 Å². The Balaban J connectivity index is 1.43. The highest BCUT2D eigenvalue weighted by molar-refractivity contribution is 6.04. The lowest BCUT2D eigenvalue weighted by Crippen LogP contribution is -2.51. The smallest absolute Gasteiger partial charge is 0.265 e. The number of nitrogens with zero attached hydrogens (tertiary/aromatic N) is 2. The van der Waals surface area contributed by atoms with Crippen LogP contribution in [0.3, 0.4) is 0 Å². The molecule has 0 spiro atoms. The van der Waals surface area contributed by atoms with Crippen LogP contribution >= 0.6 is 0 Å². The van der Waals surface area contributed by atoms with Crippen LogP contribution in [0.4, 0.5) is 4.39 Å². The highest BCUT2D eigenvalue weighted by Gasteiger charge is 2.34. The summed E-state index contributed by atoms with van der Waals surface area (Å²) in [6.07, 6.45) is 1.76. The predicted molar refractivity (Wildman–Crippen MR) is 110 cm³/mol. The van der Waals surface area contributed by atoms with Gasteiger partial charge in [-0.2, -0.15) is 0 Å². The minimum absolute atomic E-state index is 0.0750. The molecule has 1 fully saturated rings. The third kappa shape index (κ3) is 4.67. The van der Waals surface area contributed by atoms with Crippen molar-refractivity contribution in [2.45, 2.75) is 37.8 Å². The summed E-state index contributed by atoms with van der Waals surface area (Å²) >= 11 is 0. The van der Waals surface area contributed by atoms with E-state index < -0.39 is 18.1 Å². The Hall–Kier alpha value is -3.22. The highest BCUT2D eigenvalue weighted by Crippen LogP contribution is 2.19. The van der Waals surface area contributed by atoms with E-state index in [0.717, 1.165) is 18.4 Å². The summed E-state index contributed by atoms with van der Waals surface area (Å²) < 4.78 is 13.5. The van der Waals surface area contributed by atoms with Crippen molar-refractivity contribution in [3.8, 4) is 0 Å². The first-order valence-corrected chi connectivity index (χ1v) is 10.2. The predicted octanol–water partition coefficient (Wildman–Crippen LogP) is 2.67. The molecule has 0 unspecified atom stereocenters. The van der Waals surface area contributed by atoms with Crippen molar-refractivity contribution >= 4 is 17.5 Å². The van der Waals surface area contributed by atoms with Crippen molar-refractivity contribution in [3.05, 3.63) is 71.5 Å². The van der Waals surface area contributed by atoms with Crippen LogP contribution in [0.2, 0.25) is 0 Å². The number of amides is 2. The fourth-order valence-electron chi connectivity index (χ4n) is 3.83. The first kappa shape index (κ1) is 20.1. The van der Waals surface area contributed by atoms with Gasteiger partial charge in [-0.25, -0.2) is 4.39 Å². The Labute approximate surface area is 174 Å². The second kappa shape index (κ2) is 9.07. The SMILES string of the molecule is O=C(N[C@@H](Cc1ccccc1)C(=O)N1CCCC1)[C@@H]1CC(c2cccc(F)c2)=NO1. The van der Waals surface area contributed by atoms with E-state index in [4.69, 9.17) is 4.84 Å². The summed E-state index contributed by atoms with van der Waals surface area (Å²) in [6.45, 7) is 1.43. The lowest BCUT2D eigenvalue weighted by atomic mass is 10.0. The number of benzene rings is 2. The summed E-state index contributed by atoms with van der Waals surface area (Å²) in [5, 5.41) is 6.82. The van der Waals surface area contributed by atoms with Crippen molar-refractivity contribution in [3.63, 3.8) is 0 Å². The van der Waals surface area contributed by atoms with Crippen LogP contribution in [-0.2, 0) is 20.8 Å². The Morgan fingerprint density at radius 3 is 2.63 bits per heavy atom. The zero-order chi connectivity index (χ0) is 20.9. The van der Waals surface area contributed by atoms with Gasteiger partial charge >= 0.3 is 0 Å². The Morgan fingerprint density at radius 1 is 1.13 bits per heavy atom. The van der Waals surface area contributed by atoms with E-state index in [1.54, 1.807) is 17.0 Å². The average Bonchev–Trinajstić information content (AvgIpc) is 3.46. The fourth-order valence-corrected chi connectivity index (χ4v) is 3.83. The second-order valence-electron chi connectivity index (χ2n) is 7.63. The van der Waals surface area contributed by atoms with Crippen LogP contribution < -0.4 is 5.32 Å². The Kier molecular flexibility index (Phi) is 6.07. The molecule has 156 valence electrons. The van der Waals surface area contributed by atoms with E-state index in [-0.39, 0.29) is 18.1 Å². The maximum absolute atomic E-state index is 13.5. The molecule has 6 nitrogen and oxygen atoms in total. The summed E-state index contributed by atoms with van der Waals surface area (Å²) in [5.74, 6) is -0.838. The largest absolute Gasteiger partial charge is 0.382 e. The van der Waals surface area contributed by atoms with E-state index >= 15 is 0 Å². The molecule has 0 radical (unpaired) electrons. The second-order valence-corrected chi connectivity index (χ2v) is 7.63. The van der Waals surface area contributed by atoms with Crippen LogP contribution in [-0.4, -0.2) is 47.7 Å². The third-order valence-corrected chi connectivity index (χ3v) is 5.43. The standard InChI is InChI=1S/C23H24FN3O3/c24-18-10-6-9-17(14-18)19-15-21(30-26-19)22(28)25-20(13-16-7-2-1-3-8-16)23(29)27-11-4-5-12-27/h1-3,6-10,14,20-21H,4-5,11-13,15H2,(H,25,28)/t20-,21-/m0/s1. The van der Waals surface area contributed by atoms with E-state index in [1.807, 2.05) is 30.3 Å². The molecular weight excluding hydrogens is 385 g/mol. The number of likely N-dealkylation sites (tertiary alicyclic amines) is 1. The van der Waals surface area contributed by atoms with E-state index in [1.165, 1.54) is 12.1 Å². The number of carbonyl (C=O) groups excluding carboxylic acids is 2. The van der Waals surface area contributed by atoms with Crippen molar-refractivity contribution in [2.24, 2.45) is 5.16 Å². The molecule has 2 aliphatic heterocycles. The van der Waals surface area contributed by atoms with Crippen molar-refractivity contribution in [1.82, 2.24) is 10.2 Å². The summed E-state index contributed by atoms with van der Waals surface area (Å²) in [6, 6.07) is 15.0. The summed E-state index contributed by atoms with van der Waals surface area (Å²) in [5.41, 5.74) is 2.07. The Morgan fingerprint density at radius 2 is 1.90 bits per heavy atom. The fraction of sp³-hybridized carbons (Fsp3) is 0.348. The molecule has 2 aromatic rings. The van der Waals surface area contributed by atoms with Gasteiger partial charge in [0.15, 0.2) is 0 Å². The zero-order valence-electron chi connectivity index (χ0n) is 16.6. The van der Waals surface area contributed by atoms with E-state index in [2.05, 4.69) is 10.5 Å². The lowest BCUT2D eigenvalue weighted by molar-refractivity contribution is -0.139. The van der Waals surface area contributed by atoms with Gasteiger partial charge in [0.2, 0.25) is 12.0 Å². The minimum Gasteiger partial charge on any atom is -0.382 e. The molecule has 0 bridgehead atoms. The molecule has 0 aromatic heterocycles. The molecule has 0 aliphatic carbocycles.